The predicted octanol–water partition coefficient (Wildman–Crippen LogP) is 0.514. The van der Waals surface area contributed by atoms with Crippen LogP contribution in [0.5, 0.6) is 0 Å². The topological polar surface area (TPSA) is 67.7 Å². The fourth-order valence-corrected chi connectivity index (χ4v) is 2.29. The van der Waals surface area contributed by atoms with Crippen LogP contribution in [0.2, 0.25) is 0 Å². The number of urea groups is 1. The molecule has 0 N–H and O–H groups in total. The lowest BCUT2D eigenvalue weighted by Crippen LogP contribution is -2.35. The highest BCUT2D eigenvalue weighted by molar-refractivity contribution is 5.84. The maximum absolute atomic E-state index is 12.1. The van der Waals surface area contributed by atoms with Gasteiger partial charge in [0.1, 0.15) is 6.04 Å². The number of fused-ring (bicyclic) bond motifs is 2. The van der Waals surface area contributed by atoms with Crippen molar-refractivity contribution in [1.29, 1.82) is 0 Å². The van der Waals surface area contributed by atoms with Crippen molar-refractivity contribution < 1.29 is 9.63 Å². The smallest absolute Gasteiger partial charge is 0.302 e. The first-order valence-electron chi connectivity index (χ1n) is 6.45. The lowest BCUT2D eigenvalue weighted by Gasteiger charge is -2.22. The first-order valence-corrected chi connectivity index (χ1v) is 6.45. The predicted molar refractivity (Wildman–Crippen MR) is 74.8 cm³/mol. The van der Waals surface area contributed by atoms with E-state index in [2.05, 4.69) is 17.3 Å². The quantitative estimate of drug-likeness (QED) is 0.597. The normalized spacial score (nSPS) is 20.0. The Hall–Kier alpha value is -2.63. The summed E-state index contributed by atoms with van der Waals surface area (Å²) >= 11 is 0. The van der Waals surface area contributed by atoms with Crippen LogP contribution < -0.4 is 5.56 Å². The maximum Gasteiger partial charge on any atom is 0.349 e. The average Bonchev–Trinajstić information content (AvgIpc) is 2.72. The van der Waals surface area contributed by atoms with E-state index >= 15 is 0 Å². The molecule has 7 nitrogen and oxygen atoms in total. The van der Waals surface area contributed by atoms with Crippen molar-refractivity contribution in [1.82, 2.24) is 19.5 Å². The summed E-state index contributed by atoms with van der Waals surface area (Å²) in [7, 11) is 1.63. The summed E-state index contributed by atoms with van der Waals surface area (Å²) < 4.78 is 1.38. The van der Waals surface area contributed by atoms with Crippen molar-refractivity contribution in [2.75, 3.05) is 13.2 Å². The Labute approximate surface area is 121 Å². The summed E-state index contributed by atoms with van der Waals surface area (Å²) in [6.07, 6.45) is 4.58. The van der Waals surface area contributed by atoms with Crippen LogP contribution in [0, 0.1) is 0 Å². The minimum absolute atomic E-state index is 0.167. The van der Waals surface area contributed by atoms with Gasteiger partial charge >= 0.3 is 6.03 Å². The number of amides is 2. The van der Waals surface area contributed by atoms with Crippen molar-refractivity contribution in [2.24, 2.45) is 7.05 Å². The van der Waals surface area contributed by atoms with Gasteiger partial charge in [-0.25, -0.2) is 9.78 Å². The molecule has 1 saturated heterocycles. The molecule has 2 aliphatic rings. The molecule has 1 aromatic heterocycles. The van der Waals surface area contributed by atoms with Crippen LogP contribution in [-0.2, 0) is 11.9 Å². The van der Waals surface area contributed by atoms with Gasteiger partial charge in [0.15, 0.2) is 0 Å². The van der Waals surface area contributed by atoms with Crippen LogP contribution in [0.3, 0.4) is 0 Å². The summed E-state index contributed by atoms with van der Waals surface area (Å²) in [6, 6.07) is 0.843. The molecule has 0 radical (unpaired) electrons. The Kier molecular flexibility index (Phi) is 3.21. The number of hydrogen-bond acceptors (Lipinski definition) is 4. The molecule has 0 saturated carbocycles. The molecule has 2 bridgehead atoms. The molecule has 0 aromatic carbocycles. The molecule has 3 heterocycles. The Morgan fingerprint density at radius 1 is 1.57 bits per heavy atom. The average molecular weight is 286 g/mol. The van der Waals surface area contributed by atoms with Crippen LogP contribution in [0.15, 0.2) is 41.8 Å². The van der Waals surface area contributed by atoms with Crippen LogP contribution in [-0.4, -0.2) is 44.7 Å². The van der Waals surface area contributed by atoms with E-state index in [1.165, 1.54) is 26.9 Å². The number of aryl methyl sites for hydroxylation is 1. The molecule has 1 aromatic rings. The zero-order chi connectivity index (χ0) is 15.0. The number of carbonyl (C=O) groups excluding carboxylic acids is 1. The molecule has 1 atom stereocenters. The van der Waals surface area contributed by atoms with Crippen molar-refractivity contribution in [2.45, 2.75) is 6.04 Å². The SMILES string of the molecule is C=CCON1C(=O)N2C=C=C(c3cc(=O)n(C)cn3)C1C2. The van der Waals surface area contributed by atoms with Gasteiger partial charge in [0.05, 0.1) is 31.4 Å². The first-order chi connectivity index (χ1) is 10.1. The molecular weight excluding hydrogens is 272 g/mol. The highest BCUT2D eigenvalue weighted by atomic mass is 16.7. The van der Waals surface area contributed by atoms with Gasteiger partial charge in [-0.3, -0.25) is 14.5 Å². The molecular formula is C14H14N4O3. The zero-order valence-electron chi connectivity index (χ0n) is 11.5. The lowest BCUT2D eigenvalue weighted by atomic mass is 10.0. The molecule has 1 fully saturated rings. The van der Waals surface area contributed by atoms with Gasteiger partial charge in [-0.2, -0.15) is 5.06 Å². The molecule has 1 unspecified atom stereocenters. The van der Waals surface area contributed by atoms with Gasteiger partial charge in [0.25, 0.3) is 5.56 Å². The largest absolute Gasteiger partial charge is 0.349 e. The van der Waals surface area contributed by atoms with Crippen molar-refractivity contribution in [3.05, 3.63) is 53.0 Å². The minimum atomic E-state index is -0.331. The standard InChI is InChI=1S/C14H14N4O3/c1-3-6-21-18-12-8-17(14(18)20)5-4-10(12)11-7-13(19)16(2)9-15-11/h3,5,7,9,12H,1,6,8H2,2H3. The van der Waals surface area contributed by atoms with Gasteiger partial charge in [-0.15, -0.1) is 6.58 Å². The van der Waals surface area contributed by atoms with E-state index in [-0.39, 0.29) is 24.2 Å². The van der Waals surface area contributed by atoms with E-state index < -0.39 is 0 Å². The first kappa shape index (κ1) is 13.4. The van der Waals surface area contributed by atoms with Gasteiger partial charge < -0.3 is 4.57 Å². The third-order valence-corrected chi connectivity index (χ3v) is 3.38. The fraction of sp³-hybridized carbons (Fsp3) is 0.286. The van der Waals surface area contributed by atoms with E-state index in [4.69, 9.17) is 4.84 Å². The Balaban J connectivity index is 1.97. The van der Waals surface area contributed by atoms with E-state index in [0.29, 0.717) is 17.8 Å². The van der Waals surface area contributed by atoms with E-state index in [1.54, 1.807) is 19.3 Å². The maximum atomic E-state index is 12.1. The highest BCUT2D eigenvalue weighted by Crippen LogP contribution is 2.30. The molecule has 2 aliphatic heterocycles. The summed E-state index contributed by atoms with van der Waals surface area (Å²) in [5.74, 6) is 0. The molecule has 21 heavy (non-hydrogen) atoms. The fourth-order valence-electron chi connectivity index (χ4n) is 2.29. The van der Waals surface area contributed by atoms with Gasteiger partial charge in [-0.05, 0) is 0 Å². The molecule has 3 rings (SSSR count). The third kappa shape index (κ3) is 2.18. The highest BCUT2D eigenvalue weighted by Gasteiger charge is 2.42. The summed E-state index contributed by atoms with van der Waals surface area (Å²) in [5, 5.41) is 1.28. The second-order valence-electron chi connectivity index (χ2n) is 4.77. The van der Waals surface area contributed by atoms with Crippen LogP contribution in [0.4, 0.5) is 4.79 Å². The molecule has 0 spiro atoms. The minimum Gasteiger partial charge on any atom is -0.302 e. The number of hydroxylamine groups is 2. The molecule has 2 amide bonds. The van der Waals surface area contributed by atoms with Crippen LogP contribution in [0.25, 0.3) is 5.57 Å². The zero-order valence-corrected chi connectivity index (χ0v) is 11.5. The molecule has 108 valence electrons. The molecule has 7 heteroatoms. The molecule has 0 aliphatic carbocycles. The number of carbonyl (C=O) groups is 1. The second kappa shape index (κ2) is 5.05. The Morgan fingerprint density at radius 2 is 2.38 bits per heavy atom. The number of rotatable bonds is 4. The van der Waals surface area contributed by atoms with Crippen LogP contribution in [0.1, 0.15) is 5.69 Å². The Bertz CT molecular complexity index is 730. The van der Waals surface area contributed by atoms with Crippen LogP contribution >= 0.6 is 0 Å². The van der Waals surface area contributed by atoms with Gasteiger partial charge in [-0.1, -0.05) is 11.8 Å². The lowest BCUT2D eigenvalue weighted by molar-refractivity contribution is -0.105. The Morgan fingerprint density at radius 3 is 3.10 bits per heavy atom. The third-order valence-electron chi connectivity index (χ3n) is 3.38. The number of nitrogens with zero attached hydrogens (tertiary/aromatic N) is 4. The number of hydrogen-bond donors (Lipinski definition) is 0. The summed E-state index contributed by atoms with van der Waals surface area (Å²) in [5.41, 5.74) is 4.02. The second-order valence-corrected chi connectivity index (χ2v) is 4.77. The van der Waals surface area contributed by atoms with Gasteiger partial charge in [0.2, 0.25) is 0 Å². The van der Waals surface area contributed by atoms with Crippen molar-refractivity contribution in [3.63, 3.8) is 0 Å². The summed E-state index contributed by atoms with van der Waals surface area (Å²) in [6.45, 7) is 4.25. The van der Waals surface area contributed by atoms with Gasteiger partial charge in [0, 0.05) is 18.7 Å². The number of aromatic nitrogens is 2. The summed E-state index contributed by atoms with van der Waals surface area (Å²) in [4.78, 5) is 35.0. The van der Waals surface area contributed by atoms with Crippen molar-refractivity contribution >= 4 is 11.6 Å². The monoisotopic (exact) mass is 286 g/mol. The van der Waals surface area contributed by atoms with E-state index in [0.717, 1.165) is 0 Å². The van der Waals surface area contributed by atoms with E-state index in [1.807, 2.05) is 0 Å². The van der Waals surface area contributed by atoms with E-state index in [9.17, 15) is 9.59 Å². The van der Waals surface area contributed by atoms with Crippen molar-refractivity contribution in [3.8, 4) is 0 Å².